The highest BCUT2D eigenvalue weighted by atomic mass is 32.2. The van der Waals surface area contributed by atoms with Gasteiger partial charge in [-0.25, -0.2) is 0 Å². The zero-order chi connectivity index (χ0) is 11.1. The van der Waals surface area contributed by atoms with Gasteiger partial charge in [-0.05, 0) is 64.2 Å². The van der Waals surface area contributed by atoms with Gasteiger partial charge in [-0.3, -0.25) is 0 Å². The maximum Gasteiger partial charge on any atom is 0.00387 e. The molecule has 0 aliphatic carbocycles. The van der Waals surface area contributed by atoms with Crippen LogP contribution in [0.1, 0.15) is 26.7 Å². The van der Waals surface area contributed by atoms with Gasteiger partial charge in [0.25, 0.3) is 0 Å². The van der Waals surface area contributed by atoms with E-state index < -0.39 is 0 Å². The lowest BCUT2D eigenvalue weighted by Gasteiger charge is -2.20. The van der Waals surface area contributed by atoms with E-state index in [4.69, 9.17) is 0 Å². The molecule has 2 nitrogen and oxygen atoms in total. The Labute approximate surface area is 99.2 Å². The highest BCUT2D eigenvalue weighted by Crippen LogP contribution is 2.17. The third-order valence-corrected chi connectivity index (χ3v) is 3.88. The highest BCUT2D eigenvalue weighted by Gasteiger charge is 2.23. The summed E-state index contributed by atoms with van der Waals surface area (Å²) in [4.78, 5) is 2.59. The molecule has 0 radical (unpaired) electrons. The highest BCUT2D eigenvalue weighted by molar-refractivity contribution is 7.98. The standard InChI is InChI=1S/C12H26N2S/c1-11(2)14-7-5-12(10-14)9-13-6-4-8-15-3/h11-13H,4-10H2,1-3H3. The van der Waals surface area contributed by atoms with Crippen molar-refractivity contribution in [3.8, 4) is 0 Å². The number of rotatable bonds is 7. The number of nitrogens with one attached hydrogen (secondary N) is 1. The molecule has 15 heavy (non-hydrogen) atoms. The lowest BCUT2D eigenvalue weighted by Crippen LogP contribution is -2.31. The lowest BCUT2D eigenvalue weighted by atomic mass is 10.1. The summed E-state index contributed by atoms with van der Waals surface area (Å²) in [5, 5.41) is 3.58. The molecule has 0 aromatic carbocycles. The van der Waals surface area contributed by atoms with Crippen molar-refractivity contribution in [3.05, 3.63) is 0 Å². The van der Waals surface area contributed by atoms with Crippen molar-refractivity contribution in [1.29, 1.82) is 0 Å². The van der Waals surface area contributed by atoms with Crippen LogP contribution in [-0.4, -0.2) is 49.1 Å². The molecular weight excluding hydrogens is 204 g/mol. The minimum Gasteiger partial charge on any atom is -0.316 e. The minimum atomic E-state index is 0.728. The van der Waals surface area contributed by atoms with Crippen molar-refractivity contribution in [2.24, 2.45) is 5.92 Å². The smallest absolute Gasteiger partial charge is 0.00387 e. The molecule has 1 saturated heterocycles. The Bertz CT molecular complexity index is 162. The first kappa shape index (κ1) is 13.3. The van der Waals surface area contributed by atoms with Gasteiger partial charge in [0.05, 0.1) is 0 Å². The van der Waals surface area contributed by atoms with Gasteiger partial charge in [0.1, 0.15) is 0 Å². The fraction of sp³-hybridized carbons (Fsp3) is 1.00. The van der Waals surface area contributed by atoms with Gasteiger partial charge in [0.15, 0.2) is 0 Å². The van der Waals surface area contributed by atoms with Crippen molar-refractivity contribution in [2.75, 3.05) is 38.2 Å². The summed E-state index contributed by atoms with van der Waals surface area (Å²) in [6.07, 6.45) is 4.87. The molecule has 1 N–H and O–H groups in total. The van der Waals surface area contributed by atoms with Crippen molar-refractivity contribution in [2.45, 2.75) is 32.7 Å². The van der Waals surface area contributed by atoms with Gasteiger partial charge in [-0.1, -0.05) is 0 Å². The van der Waals surface area contributed by atoms with Crippen LogP contribution in [0, 0.1) is 5.92 Å². The van der Waals surface area contributed by atoms with E-state index in [0.29, 0.717) is 0 Å². The molecule has 1 unspecified atom stereocenters. The molecule has 0 aromatic rings. The Morgan fingerprint density at radius 3 is 2.87 bits per heavy atom. The normalized spacial score (nSPS) is 22.8. The lowest BCUT2D eigenvalue weighted by molar-refractivity contribution is 0.264. The van der Waals surface area contributed by atoms with Crippen LogP contribution in [0.15, 0.2) is 0 Å². The van der Waals surface area contributed by atoms with E-state index in [1.54, 1.807) is 0 Å². The predicted molar refractivity (Wildman–Crippen MR) is 70.7 cm³/mol. The Hall–Kier alpha value is 0.270. The third-order valence-electron chi connectivity index (χ3n) is 3.18. The van der Waals surface area contributed by atoms with E-state index in [1.807, 2.05) is 11.8 Å². The summed E-state index contributed by atoms with van der Waals surface area (Å²) >= 11 is 1.94. The van der Waals surface area contributed by atoms with Gasteiger partial charge < -0.3 is 10.2 Å². The second-order valence-corrected chi connectivity index (χ2v) is 5.78. The van der Waals surface area contributed by atoms with Crippen LogP contribution in [0.4, 0.5) is 0 Å². The summed E-state index contributed by atoms with van der Waals surface area (Å²) in [5.74, 6) is 2.18. The molecule has 0 bridgehead atoms. The number of likely N-dealkylation sites (tertiary alicyclic amines) is 1. The summed E-state index contributed by atoms with van der Waals surface area (Å²) in [5.41, 5.74) is 0. The molecule has 90 valence electrons. The van der Waals surface area contributed by atoms with Crippen molar-refractivity contribution in [3.63, 3.8) is 0 Å². The number of hydrogen-bond donors (Lipinski definition) is 1. The van der Waals surface area contributed by atoms with Crippen LogP contribution in [0.2, 0.25) is 0 Å². The molecule has 0 amide bonds. The predicted octanol–water partition coefficient (Wildman–Crippen LogP) is 2.06. The first-order valence-corrected chi connectivity index (χ1v) is 7.57. The second kappa shape index (κ2) is 7.53. The molecule has 1 aliphatic rings. The molecule has 1 aliphatic heterocycles. The van der Waals surface area contributed by atoms with Crippen LogP contribution in [0.3, 0.4) is 0 Å². The van der Waals surface area contributed by atoms with Crippen LogP contribution < -0.4 is 5.32 Å². The largest absolute Gasteiger partial charge is 0.316 e. The van der Waals surface area contributed by atoms with Gasteiger partial charge in [-0.15, -0.1) is 0 Å². The summed E-state index contributed by atoms with van der Waals surface area (Å²) in [7, 11) is 0. The number of thioether (sulfide) groups is 1. The van der Waals surface area contributed by atoms with E-state index in [9.17, 15) is 0 Å². The van der Waals surface area contributed by atoms with E-state index >= 15 is 0 Å². The maximum atomic E-state index is 3.58. The molecule has 0 spiro atoms. The second-order valence-electron chi connectivity index (χ2n) is 4.79. The van der Waals surface area contributed by atoms with Gasteiger partial charge in [0, 0.05) is 12.6 Å². The van der Waals surface area contributed by atoms with Gasteiger partial charge >= 0.3 is 0 Å². The average molecular weight is 230 g/mol. The van der Waals surface area contributed by atoms with Gasteiger partial charge in [0.2, 0.25) is 0 Å². The first-order chi connectivity index (χ1) is 7.24. The summed E-state index contributed by atoms with van der Waals surface area (Å²) in [6.45, 7) is 9.61. The third kappa shape index (κ3) is 5.23. The van der Waals surface area contributed by atoms with Crippen LogP contribution in [0.25, 0.3) is 0 Å². The molecule has 1 heterocycles. The van der Waals surface area contributed by atoms with E-state index in [1.165, 1.54) is 44.8 Å². The number of hydrogen-bond acceptors (Lipinski definition) is 3. The van der Waals surface area contributed by atoms with Crippen LogP contribution in [-0.2, 0) is 0 Å². The fourth-order valence-corrected chi connectivity index (χ4v) is 2.58. The number of nitrogens with zero attached hydrogens (tertiary/aromatic N) is 1. The molecule has 3 heteroatoms. The van der Waals surface area contributed by atoms with Crippen LogP contribution in [0.5, 0.6) is 0 Å². The van der Waals surface area contributed by atoms with E-state index in [0.717, 1.165) is 12.0 Å². The topological polar surface area (TPSA) is 15.3 Å². The Morgan fingerprint density at radius 1 is 1.47 bits per heavy atom. The Kier molecular flexibility index (Phi) is 6.69. The SMILES string of the molecule is CSCCCNCC1CCN(C(C)C)C1. The monoisotopic (exact) mass is 230 g/mol. The van der Waals surface area contributed by atoms with E-state index in [2.05, 4.69) is 30.3 Å². The minimum absolute atomic E-state index is 0.728. The van der Waals surface area contributed by atoms with Crippen molar-refractivity contribution >= 4 is 11.8 Å². The summed E-state index contributed by atoms with van der Waals surface area (Å²) < 4.78 is 0. The van der Waals surface area contributed by atoms with Crippen LogP contribution >= 0.6 is 11.8 Å². The Balaban J connectivity index is 1.99. The molecule has 0 saturated carbocycles. The first-order valence-electron chi connectivity index (χ1n) is 6.17. The molecule has 0 aromatic heterocycles. The molecule has 1 atom stereocenters. The van der Waals surface area contributed by atoms with Gasteiger partial charge in [-0.2, -0.15) is 11.8 Å². The van der Waals surface area contributed by atoms with Crippen molar-refractivity contribution < 1.29 is 0 Å². The van der Waals surface area contributed by atoms with Crippen molar-refractivity contribution in [1.82, 2.24) is 10.2 Å². The maximum absolute atomic E-state index is 3.58. The van der Waals surface area contributed by atoms with E-state index in [-0.39, 0.29) is 0 Å². The fourth-order valence-electron chi connectivity index (χ4n) is 2.15. The Morgan fingerprint density at radius 2 is 2.27 bits per heavy atom. The zero-order valence-electron chi connectivity index (χ0n) is 10.5. The summed E-state index contributed by atoms with van der Waals surface area (Å²) in [6, 6.07) is 0.728. The zero-order valence-corrected chi connectivity index (χ0v) is 11.3. The molecule has 1 fully saturated rings. The molecular formula is C12H26N2S. The quantitative estimate of drug-likeness (QED) is 0.674. The average Bonchev–Trinajstić information content (AvgIpc) is 2.66. The molecule has 1 rings (SSSR count).